The van der Waals surface area contributed by atoms with Crippen molar-refractivity contribution in [1.29, 1.82) is 0 Å². The van der Waals surface area contributed by atoms with Gasteiger partial charge in [-0.3, -0.25) is 10.1 Å². The van der Waals surface area contributed by atoms with Gasteiger partial charge >= 0.3 is 6.09 Å². The van der Waals surface area contributed by atoms with Crippen LogP contribution in [0.1, 0.15) is 38.7 Å². The molecule has 0 spiro atoms. The second-order valence-electron chi connectivity index (χ2n) is 7.23. The monoisotopic (exact) mass is 354 g/mol. The lowest BCUT2D eigenvalue weighted by Crippen LogP contribution is -2.46. The maximum Gasteiger partial charge on any atom is 0.410 e. The molecule has 1 amide bonds. The standard InChI is InChI=1S/C17H23FN2O5/c1-17(2,3)25-16(22)19-7-6-13(11(9-19)10-21)14-5-4-12(20(23)24)8-15(14)18/h4-5,8,11,13,21H,6-7,9-10H2,1-3H3/t11-,13?/m1/s1. The molecule has 1 fully saturated rings. The van der Waals surface area contributed by atoms with E-state index in [2.05, 4.69) is 0 Å². The Morgan fingerprint density at radius 2 is 2.16 bits per heavy atom. The van der Waals surface area contributed by atoms with E-state index in [0.717, 1.165) is 6.07 Å². The van der Waals surface area contributed by atoms with Crippen LogP contribution in [-0.2, 0) is 4.74 Å². The predicted molar refractivity (Wildman–Crippen MR) is 88.8 cm³/mol. The molecule has 7 nitrogen and oxygen atoms in total. The topological polar surface area (TPSA) is 92.9 Å². The number of ether oxygens (including phenoxy) is 1. The number of nitrogens with zero attached hydrogens (tertiary/aromatic N) is 2. The zero-order valence-corrected chi connectivity index (χ0v) is 14.6. The van der Waals surface area contributed by atoms with E-state index in [9.17, 15) is 24.4 Å². The van der Waals surface area contributed by atoms with Gasteiger partial charge in [-0.15, -0.1) is 0 Å². The van der Waals surface area contributed by atoms with Crippen molar-refractivity contribution in [3.8, 4) is 0 Å². The Bertz CT molecular complexity index is 659. The number of aliphatic hydroxyl groups excluding tert-OH is 1. The van der Waals surface area contributed by atoms with Crippen LogP contribution >= 0.6 is 0 Å². The molecule has 1 unspecified atom stereocenters. The number of benzene rings is 1. The highest BCUT2D eigenvalue weighted by Crippen LogP contribution is 2.35. The smallest absolute Gasteiger partial charge is 0.410 e. The highest BCUT2D eigenvalue weighted by molar-refractivity contribution is 5.68. The molecule has 0 bridgehead atoms. The van der Waals surface area contributed by atoms with Crippen LogP contribution in [0.3, 0.4) is 0 Å². The third-order valence-corrected chi connectivity index (χ3v) is 4.21. The summed E-state index contributed by atoms with van der Waals surface area (Å²) in [6.07, 6.45) is -0.0206. The summed E-state index contributed by atoms with van der Waals surface area (Å²) in [6.45, 7) is 5.70. The fourth-order valence-corrected chi connectivity index (χ4v) is 3.05. The van der Waals surface area contributed by atoms with E-state index in [1.807, 2.05) is 0 Å². The van der Waals surface area contributed by atoms with Crippen LogP contribution in [0.5, 0.6) is 0 Å². The molecule has 1 aliphatic rings. The van der Waals surface area contributed by atoms with Crippen molar-refractivity contribution in [2.45, 2.75) is 38.7 Å². The van der Waals surface area contributed by atoms with Gasteiger partial charge in [0.2, 0.25) is 0 Å². The first-order valence-corrected chi connectivity index (χ1v) is 8.15. The number of nitro groups is 1. The van der Waals surface area contributed by atoms with Crippen LogP contribution in [0.4, 0.5) is 14.9 Å². The number of rotatable bonds is 3. The summed E-state index contributed by atoms with van der Waals surface area (Å²) in [5.74, 6) is -1.34. The number of carbonyl (C=O) groups is 1. The van der Waals surface area contributed by atoms with Gasteiger partial charge in [0.1, 0.15) is 11.4 Å². The number of carbonyl (C=O) groups excluding carboxylic acids is 1. The van der Waals surface area contributed by atoms with Gasteiger partial charge in [0.25, 0.3) is 5.69 Å². The minimum absolute atomic E-state index is 0.222. The van der Waals surface area contributed by atoms with Crippen molar-refractivity contribution in [2.24, 2.45) is 5.92 Å². The molecule has 0 aliphatic carbocycles. The lowest BCUT2D eigenvalue weighted by atomic mass is 9.80. The Hall–Kier alpha value is -2.22. The molecule has 2 rings (SSSR count). The molecule has 1 saturated heterocycles. The summed E-state index contributed by atoms with van der Waals surface area (Å²) >= 11 is 0. The molecule has 0 saturated carbocycles. The maximum atomic E-state index is 14.3. The second kappa shape index (κ2) is 7.35. The van der Waals surface area contributed by atoms with Crippen LogP contribution in [0.25, 0.3) is 0 Å². The van der Waals surface area contributed by atoms with Crippen LogP contribution in [0, 0.1) is 21.8 Å². The summed E-state index contributed by atoms with van der Waals surface area (Å²) in [4.78, 5) is 23.8. The van der Waals surface area contributed by atoms with Gasteiger partial charge in [-0.2, -0.15) is 0 Å². The first kappa shape index (κ1) is 19.1. The van der Waals surface area contributed by atoms with Gasteiger partial charge in [0, 0.05) is 31.7 Å². The van der Waals surface area contributed by atoms with E-state index in [1.165, 1.54) is 17.0 Å². The number of likely N-dealkylation sites (tertiary alicyclic amines) is 1. The first-order valence-electron chi connectivity index (χ1n) is 8.15. The summed E-state index contributed by atoms with van der Waals surface area (Å²) in [5.41, 5.74) is -0.603. The minimum atomic E-state index is -0.664. The Kier molecular flexibility index (Phi) is 5.62. The number of amides is 1. The average molecular weight is 354 g/mol. The fourth-order valence-electron chi connectivity index (χ4n) is 3.05. The van der Waals surface area contributed by atoms with E-state index >= 15 is 0 Å². The molecule has 138 valence electrons. The third kappa shape index (κ3) is 4.66. The molecule has 1 aromatic carbocycles. The Labute approximate surface area is 145 Å². The Morgan fingerprint density at radius 1 is 1.48 bits per heavy atom. The largest absolute Gasteiger partial charge is 0.444 e. The van der Waals surface area contributed by atoms with Crippen LogP contribution in [0.15, 0.2) is 18.2 Å². The Balaban J connectivity index is 2.15. The van der Waals surface area contributed by atoms with Crippen LogP contribution < -0.4 is 0 Å². The van der Waals surface area contributed by atoms with Gasteiger partial charge < -0.3 is 14.7 Å². The van der Waals surface area contributed by atoms with Crippen LogP contribution in [0.2, 0.25) is 0 Å². The summed E-state index contributed by atoms with van der Waals surface area (Å²) in [6, 6.07) is 3.54. The highest BCUT2D eigenvalue weighted by atomic mass is 19.1. The molecule has 25 heavy (non-hydrogen) atoms. The third-order valence-electron chi connectivity index (χ3n) is 4.21. The average Bonchev–Trinajstić information content (AvgIpc) is 2.52. The normalized spacial score (nSPS) is 21.1. The number of hydrogen-bond acceptors (Lipinski definition) is 5. The van der Waals surface area contributed by atoms with Gasteiger partial charge in [0.05, 0.1) is 11.0 Å². The molecule has 2 atom stereocenters. The number of non-ortho nitro benzene ring substituents is 1. The predicted octanol–water partition coefficient (Wildman–Crippen LogP) is 3.07. The van der Waals surface area contributed by atoms with Gasteiger partial charge in [-0.05, 0) is 44.7 Å². The van der Waals surface area contributed by atoms with Crippen molar-refractivity contribution < 1.29 is 24.0 Å². The molecule has 0 radical (unpaired) electrons. The van der Waals surface area contributed by atoms with Crippen molar-refractivity contribution >= 4 is 11.8 Å². The molecule has 1 heterocycles. The Morgan fingerprint density at radius 3 is 2.68 bits per heavy atom. The van der Waals surface area contributed by atoms with Crippen molar-refractivity contribution in [3.05, 3.63) is 39.7 Å². The van der Waals surface area contributed by atoms with Crippen molar-refractivity contribution in [1.82, 2.24) is 4.90 Å². The lowest BCUT2D eigenvalue weighted by Gasteiger charge is -2.38. The molecule has 0 aromatic heterocycles. The molecular formula is C17H23FN2O5. The quantitative estimate of drug-likeness (QED) is 0.665. The van der Waals surface area contributed by atoms with Crippen molar-refractivity contribution in [2.75, 3.05) is 19.7 Å². The molecule has 1 N–H and O–H groups in total. The molecular weight excluding hydrogens is 331 g/mol. The summed E-state index contributed by atoms with van der Waals surface area (Å²) in [7, 11) is 0. The zero-order valence-electron chi connectivity index (χ0n) is 14.6. The van der Waals surface area contributed by atoms with Crippen LogP contribution in [-0.4, -0.2) is 46.3 Å². The summed E-state index contributed by atoms with van der Waals surface area (Å²) < 4.78 is 19.6. The van der Waals surface area contributed by atoms with E-state index in [0.29, 0.717) is 18.5 Å². The number of halogens is 1. The number of piperidine rings is 1. The van der Waals surface area contributed by atoms with Gasteiger partial charge in [0.15, 0.2) is 0 Å². The van der Waals surface area contributed by atoms with Gasteiger partial charge in [-0.1, -0.05) is 0 Å². The van der Waals surface area contributed by atoms with Crippen molar-refractivity contribution in [3.63, 3.8) is 0 Å². The second-order valence-corrected chi connectivity index (χ2v) is 7.23. The fraction of sp³-hybridized carbons (Fsp3) is 0.588. The number of nitro benzene ring substituents is 1. The zero-order chi connectivity index (χ0) is 18.8. The molecule has 1 aromatic rings. The number of aliphatic hydroxyl groups is 1. The van der Waals surface area contributed by atoms with Gasteiger partial charge in [-0.25, -0.2) is 9.18 Å². The minimum Gasteiger partial charge on any atom is -0.444 e. The van der Waals surface area contributed by atoms with E-state index < -0.39 is 22.4 Å². The molecule has 8 heteroatoms. The lowest BCUT2D eigenvalue weighted by molar-refractivity contribution is -0.385. The maximum absolute atomic E-state index is 14.3. The van der Waals surface area contributed by atoms with E-state index in [-0.39, 0.29) is 30.7 Å². The van der Waals surface area contributed by atoms with E-state index in [1.54, 1.807) is 20.8 Å². The SMILES string of the molecule is CC(C)(C)OC(=O)N1CCC(c2ccc([N+](=O)[O-])cc2F)[C@@H](CO)C1. The van der Waals surface area contributed by atoms with E-state index in [4.69, 9.17) is 4.74 Å². The highest BCUT2D eigenvalue weighted by Gasteiger charge is 2.35. The number of hydrogen-bond donors (Lipinski definition) is 1. The molecule has 1 aliphatic heterocycles. The first-order chi connectivity index (χ1) is 11.6. The summed E-state index contributed by atoms with van der Waals surface area (Å²) in [5, 5.41) is 20.4.